The Morgan fingerprint density at radius 1 is 0.941 bits per heavy atom. The van der Waals surface area contributed by atoms with Crippen LogP contribution in [0.2, 0.25) is 0 Å². The molecule has 2 aliphatic rings. The van der Waals surface area contributed by atoms with Gasteiger partial charge < -0.3 is 13.9 Å². The number of aromatic nitrogens is 1. The minimum Gasteiger partial charge on any atom is -0.467 e. The zero-order valence-electron chi connectivity index (χ0n) is 18.9. The number of anilines is 1. The summed E-state index contributed by atoms with van der Waals surface area (Å²) in [4.78, 5) is 30.9. The molecule has 4 aromatic rings. The number of carbonyl (C=O) groups is 2. The molecule has 0 spiro atoms. The fourth-order valence-electron chi connectivity index (χ4n) is 4.81. The van der Waals surface area contributed by atoms with Crippen LogP contribution in [0.1, 0.15) is 46.3 Å². The Morgan fingerprint density at radius 3 is 2.41 bits per heavy atom. The molecule has 6 rings (SSSR count). The van der Waals surface area contributed by atoms with Gasteiger partial charge in [-0.05, 0) is 68.3 Å². The maximum Gasteiger partial charge on any atom is 0.254 e. The van der Waals surface area contributed by atoms with Gasteiger partial charge in [0, 0.05) is 17.8 Å². The van der Waals surface area contributed by atoms with Crippen molar-refractivity contribution in [2.24, 2.45) is 0 Å². The number of amides is 2. The smallest absolute Gasteiger partial charge is 0.254 e. The van der Waals surface area contributed by atoms with E-state index in [1.807, 2.05) is 85.9 Å². The largest absolute Gasteiger partial charge is 0.467 e. The molecule has 2 amide bonds. The summed E-state index contributed by atoms with van der Waals surface area (Å²) in [6.45, 7) is 2.01. The van der Waals surface area contributed by atoms with Crippen LogP contribution < -0.4 is 4.90 Å². The van der Waals surface area contributed by atoms with Crippen LogP contribution in [-0.2, 0) is 4.79 Å². The van der Waals surface area contributed by atoms with E-state index in [4.69, 9.17) is 4.42 Å². The molecule has 1 fully saturated rings. The van der Waals surface area contributed by atoms with Gasteiger partial charge in [-0.1, -0.05) is 29.8 Å². The summed E-state index contributed by atoms with van der Waals surface area (Å²) >= 11 is 0. The molecule has 2 aromatic carbocycles. The van der Waals surface area contributed by atoms with Gasteiger partial charge in [-0.3, -0.25) is 14.5 Å². The number of fused-ring (bicyclic) bond motifs is 3. The molecule has 170 valence electrons. The fraction of sp³-hybridized carbons (Fsp3) is 0.214. The molecule has 3 heterocycles. The third-order valence-corrected chi connectivity index (χ3v) is 6.65. The SMILES string of the molecule is Cc1ccc(C(=O)N(CC(=O)N2c3ccccc3-n3cccc3C2c2ccco2)C2CC2)cc1. The molecule has 0 N–H and O–H groups in total. The zero-order chi connectivity index (χ0) is 23.2. The molecule has 0 radical (unpaired) electrons. The monoisotopic (exact) mass is 451 g/mol. The average molecular weight is 452 g/mol. The number of aryl methyl sites for hydroxylation is 1. The van der Waals surface area contributed by atoms with Crippen molar-refractivity contribution < 1.29 is 14.0 Å². The normalized spacial score (nSPS) is 16.6. The maximum absolute atomic E-state index is 14.0. The van der Waals surface area contributed by atoms with Crippen LogP contribution in [0.4, 0.5) is 5.69 Å². The molecular formula is C28H25N3O3. The number of benzene rings is 2. The van der Waals surface area contributed by atoms with Crippen LogP contribution >= 0.6 is 0 Å². The van der Waals surface area contributed by atoms with Crippen molar-refractivity contribution in [3.8, 4) is 5.69 Å². The second-order valence-corrected chi connectivity index (χ2v) is 9.00. The van der Waals surface area contributed by atoms with E-state index in [0.717, 1.165) is 35.5 Å². The number of para-hydroxylation sites is 2. The highest BCUT2D eigenvalue weighted by atomic mass is 16.3. The van der Waals surface area contributed by atoms with Crippen molar-refractivity contribution in [2.45, 2.75) is 31.8 Å². The Labute approximate surface area is 198 Å². The van der Waals surface area contributed by atoms with Crippen molar-refractivity contribution >= 4 is 17.5 Å². The first-order chi connectivity index (χ1) is 16.6. The summed E-state index contributed by atoms with van der Waals surface area (Å²) < 4.78 is 7.90. The van der Waals surface area contributed by atoms with Crippen LogP contribution in [0.5, 0.6) is 0 Å². The third-order valence-electron chi connectivity index (χ3n) is 6.65. The highest BCUT2D eigenvalue weighted by Gasteiger charge is 2.41. The summed E-state index contributed by atoms with van der Waals surface area (Å²) in [7, 11) is 0. The Morgan fingerprint density at radius 2 is 1.71 bits per heavy atom. The average Bonchev–Trinajstić information content (AvgIpc) is 3.32. The standard InChI is InChI=1S/C28H25N3O3/c1-19-10-12-20(13-11-19)28(33)30(21-14-15-21)18-26(32)31-23-7-3-2-6-22(23)29-16-4-8-24(29)27(31)25-9-5-17-34-25/h2-13,16-17,21,27H,14-15,18H2,1H3. The predicted molar refractivity (Wildman–Crippen MR) is 129 cm³/mol. The van der Waals surface area contributed by atoms with E-state index in [-0.39, 0.29) is 24.4 Å². The van der Waals surface area contributed by atoms with Crippen LogP contribution in [-0.4, -0.2) is 33.9 Å². The van der Waals surface area contributed by atoms with E-state index in [2.05, 4.69) is 4.57 Å². The number of nitrogens with zero attached hydrogens (tertiary/aromatic N) is 3. The zero-order valence-corrected chi connectivity index (χ0v) is 18.9. The molecule has 1 aliphatic heterocycles. The molecule has 34 heavy (non-hydrogen) atoms. The molecular weight excluding hydrogens is 426 g/mol. The Bertz CT molecular complexity index is 1350. The minimum absolute atomic E-state index is 0.0175. The van der Waals surface area contributed by atoms with E-state index in [0.29, 0.717) is 11.3 Å². The Hall–Kier alpha value is -4.06. The number of carbonyl (C=O) groups excluding carboxylic acids is 2. The van der Waals surface area contributed by atoms with Gasteiger partial charge in [-0.25, -0.2) is 0 Å². The molecule has 6 nitrogen and oxygen atoms in total. The first-order valence-electron chi connectivity index (χ1n) is 11.6. The van der Waals surface area contributed by atoms with Gasteiger partial charge in [0.1, 0.15) is 18.3 Å². The van der Waals surface area contributed by atoms with Gasteiger partial charge in [0.15, 0.2) is 0 Å². The van der Waals surface area contributed by atoms with Crippen molar-refractivity contribution in [3.05, 3.63) is 108 Å². The number of hydrogen-bond donors (Lipinski definition) is 0. The predicted octanol–water partition coefficient (Wildman–Crippen LogP) is 5.12. The van der Waals surface area contributed by atoms with E-state index in [9.17, 15) is 9.59 Å². The lowest BCUT2D eigenvalue weighted by Gasteiger charge is -2.38. The van der Waals surface area contributed by atoms with Gasteiger partial charge in [0.05, 0.1) is 23.3 Å². The number of furan rings is 1. The van der Waals surface area contributed by atoms with Crippen LogP contribution in [0.15, 0.2) is 89.7 Å². The Balaban J connectivity index is 1.39. The van der Waals surface area contributed by atoms with Gasteiger partial charge in [-0.2, -0.15) is 0 Å². The highest BCUT2D eigenvalue weighted by Crippen LogP contribution is 2.42. The molecule has 1 unspecified atom stereocenters. The maximum atomic E-state index is 14.0. The third kappa shape index (κ3) is 3.43. The highest BCUT2D eigenvalue weighted by molar-refractivity contribution is 6.02. The molecule has 1 saturated carbocycles. The van der Waals surface area contributed by atoms with Gasteiger partial charge in [0.2, 0.25) is 5.91 Å². The van der Waals surface area contributed by atoms with Crippen molar-refractivity contribution in [1.29, 1.82) is 0 Å². The lowest BCUT2D eigenvalue weighted by atomic mass is 10.0. The molecule has 2 aromatic heterocycles. The second-order valence-electron chi connectivity index (χ2n) is 9.00. The lowest BCUT2D eigenvalue weighted by Crippen LogP contribution is -2.47. The first kappa shape index (κ1) is 20.5. The van der Waals surface area contributed by atoms with Crippen LogP contribution in [0, 0.1) is 6.92 Å². The van der Waals surface area contributed by atoms with E-state index >= 15 is 0 Å². The topological polar surface area (TPSA) is 58.7 Å². The van der Waals surface area contributed by atoms with Crippen LogP contribution in [0.25, 0.3) is 5.69 Å². The molecule has 1 aliphatic carbocycles. The summed E-state index contributed by atoms with van der Waals surface area (Å²) in [5.41, 5.74) is 4.39. The minimum atomic E-state index is -0.414. The van der Waals surface area contributed by atoms with Crippen molar-refractivity contribution in [3.63, 3.8) is 0 Å². The number of hydrogen-bond acceptors (Lipinski definition) is 3. The van der Waals surface area contributed by atoms with E-state index < -0.39 is 6.04 Å². The Kier molecular flexibility index (Phi) is 4.87. The molecule has 0 bridgehead atoms. The second kappa shape index (κ2) is 8.06. The van der Waals surface area contributed by atoms with Crippen molar-refractivity contribution in [1.82, 2.24) is 9.47 Å². The van der Waals surface area contributed by atoms with Crippen LogP contribution in [0.3, 0.4) is 0 Å². The summed E-state index contributed by atoms with van der Waals surface area (Å²) in [6, 6.07) is 22.8. The summed E-state index contributed by atoms with van der Waals surface area (Å²) in [5, 5.41) is 0. The first-order valence-corrected chi connectivity index (χ1v) is 11.6. The fourth-order valence-corrected chi connectivity index (χ4v) is 4.81. The quantitative estimate of drug-likeness (QED) is 0.423. The molecule has 0 saturated heterocycles. The lowest BCUT2D eigenvalue weighted by molar-refractivity contribution is -0.120. The molecule has 1 atom stereocenters. The number of rotatable bonds is 5. The van der Waals surface area contributed by atoms with Crippen molar-refractivity contribution in [2.75, 3.05) is 11.4 Å². The molecule has 6 heteroatoms. The van der Waals surface area contributed by atoms with Gasteiger partial charge in [0.25, 0.3) is 5.91 Å². The van der Waals surface area contributed by atoms with Gasteiger partial charge >= 0.3 is 0 Å². The van der Waals surface area contributed by atoms with E-state index in [1.54, 1.807) is 16.1 Å². The summed E-state index contributed by atoms with van der Waals surface area (Å²) in [5.74, 6) is 0.457. The van der Waals surface area contributed by atoms with Gasteiger partial charge in [-0.15, -0.1) is 0 Å². The summed E-state index contributed by atoms with van der Waals surface area (Å²) in [6.07, 6.45) is 5.48. The van der Waals surface area contributed by atoms with E-state index in [1.165, 1.54) is 0 Å².